The largest absolute Gasteiger partial charge is 0.481 e. The molecule has 1 aromatic heterocycles. The number of methoxy groups -OCH3 is 1. The number of hydrogen-bond acceptors (Lipinski definition) is 2. The van der Waals surface area contributed by atoms with Crippen molar-refractivity contribution in [1.82, 2.24) is 4.98 Å². The highest BCUT2D eigenvalue weighted by molar-refractivity contribution is 5.37. The van der Waals surface area contributed by atoms with Crippen molar-refractivity contribution >= 4 is 0 Å². The van der Waals surface area contributed by atoms with Gasteiger partial charge in [0.25, 0.3) is 0 Å². The highest BCUT2D eigenvalue weighted by Crippen LogP contribution is 2.40. The number of rotatable bonds is 3. The lowest BCUT2D eigenvalue weighted by atomic mass is 9.77. The van der Waals surface area contributed by atoms with Gasteiger partial charge in [-0.05, 0) is 56.1 Å². The Morgan fingerprint density at radius 3 is 2.37 bits per heavy atom. The SMILES string of the molecule is CC.CCC1CCC(c2c(C)ccnc2OC)CC1. The zero-order chi connectivity index (χ0) is 14.3. The van der Waals surface area contributed by atoms with E-state index in [-0.39, 0.29) is 0 Å². The van der Waals surface area contributed by atoms with Crippen LogP contribution in [0.25, 0.3) is 0 Å². The van der Waals surface area contributed by atoms with Crippen LogP contribution in [-0.2, 0) is 0 Å². The van der Waals surface area contributed by atoms with E-state index in [1.807, 2.05) is 20.0 Å². The van der Waals surface area contributed by atoms with Gasteiger partial charge in [-0.25, -0.2) is 4.98 Å². The van der Waals surface area contributed by atoms with Crippen LogP contribution in [0.3, 0.4) is 0 Å². The van der Waals surface area contributed by atoms with Gasteiger partial charge in [0.1, 0.15) is 0 Å². The second-order valence-electron chi connectivity index (χ2n) is 5.18. The smallest absolute Gasteiger partial charge is 0.216 e. The quantitative estimate of drug-likeness (QED) is 0.756. The first-order valence-corrected chi connectivity index (χ1v) is 7.75. The molecule has 1 heterocycles. The third-order valence-electron chi connectivity index (χ3n) is 4.20. The van der Waals surface area contributed by atoms with E-state index in [4.69, 9.17) is 4.74 Å². The van der Waals surface area contributed by atoms with Gasteiger partial charge >= 0.3 is 0 Å². The lowest BCUT2D eigenvalue weighted by Gasteiger charge is -2.29. The molecule has 0 saturated heterocycles. The molecule has 0 bridgehead atoms. The Labute approximate surface area is 118 Å². The molecule has 0 atom stereocenters. The summed E-state index contributed by atoms with van der Waals surface area (Å²) in [4.78, 5) is 4.35. The van der Waals surface area contributed by atoms with Crippen molar-refractivity contribution in [2.75, 3.05) is 7.11 Å². The zero-order valence-electron chi connectivity index (χ0n) is 13.2. The molecule has 2 heteroatoms. The average molecular weight is 263 g/mol. The molecule has 1 aromatic rings. The summed E-state index contributed by atoms with van der Waals surface area (Å²) in [6, 6.07) is 2.10. The van der Waals surface area contributed by atoms with Crippen LogP contribution in [0.1, 0.15) is 69.9 Å². The predicted octanol–water partition coefficient (Wildman–Crippen LogP) is 5.11. The Hall–Kier alpha value is -1.05. The Balaban J connectivity index is 0.000000861. The Kier molecular flexibility index (Phi) is 6.90. The first-order valence-electron chi connectivity index (χ1n) is 7.75. The van der Waals surface area contributed by atoms with E-state index in [0.717, 1.165) is 11.8 Å². The van der Waals surface area contributed by atoms with Gasteiger partial charge in [-0.2, -0.15) is 0 Å². The summed E-state index contributed by atoms with van der Waals surface area (Å²) in [5, 5.41) is 0. The molecule has 1 aliphatic carbocycles. The van der Waals surface area contributed by atoms with Crippen molar-refractivity contribution in [1.29, 1.82) is 0 Å². The topological polar surface area (TPSA) is 22.1 Å². The summed E-state index contributed by atoms with van der Waals surface area (Å²) in [6.07, 6.45) is 8.48. The molecule has 108 valence electrons. The maximum atomic E-state index is 5.42. The van der Waals surface area contributed by atoms with Crippen LogP contribution in [0.4, 0.5) is 0 Å². The second kappa shape index (κ2) is 8.19. The van der Waals surface area contributed by atoms with Gasteiger partial charge in [-0.15, -0.1) is 0 Å². The van der Waals surface area contributed by atoms with Crippen LogP contribution in [-0.4, -0.2) is 12.1 Å². The minimum Gasteiger partial charge on any atom is -0.481 e. The number of pyridine rings is 1. The molecule has 0 aliphatic heterocycles. The van der Waals surface area contributed by atoms with Crippen molar-refractivity contribution in [2.24, 2.45) is 5.92 Å². The van der Waals surface area contributed by atoms with Gasteiger partial charge in [0.2, 0.25) is 5.88 Å². The maximum absolute atomic E-state index is 5.42. The molecule has 19 heavy (non-hydrogen) atoms. The van der Waals surface area contributed by atoms with Gasteiger partial charge in [0.05, 0.1) is 7.11 Å². The molecule has 0 amide bonds. The van der Waals surface area contributed by atoms with Crippen LogP contribution < -0.4 is 4.74 Å². The summed E-state index contributed by atoms with van der Waals surface area (Å²) in [7, 11) is 1.73. The molecule has 2 rings (SSSR count). The molecule has 2 nitrogen and oxygen atoms in total. The monoisotopic (exact) mass is 263 g/mol. The van der Waals surface area contributed by atoms with Crippen LogP contribution in [0, 0.1) is 12.8 Å². The van der Waals surface area contributed by atoms with Gasteiger partial charge in [-0.1, -0.05) is 27.2 Å². The van der Waals surface area contributed by atoms with E-state index in [0.29, 0.717) is 5.92 Å². The van der Waals surface area contributed by atoms with Crippen LogP contribution in [0.15, 0.2) is 12.3 Å². The number of hydrogen-bond donors (Lipinski definition) is 0. The number of aromatic nitrogens is 1. The van der Waals surface area contributed by atoms with Crippen LogP contribution >= 0.6 is 0 Å². The molecule has 0 N–H and O–H groups in total. The fourth-order valence-corrected chi connectivity index (χ4v) is 3.06. The molecule has 0 spiro atoms. The molecule has 1 saturated carbocycles. The van der Waals surface area contributed by atoms with Crippen molar-refractivity contribution < 1.29 is 4.74 Å². The first kappa shape index (κ1) is 16.0. The highest BCUT2D eigenvalue weighted by atomic mass is 16.5. The number of aryl methyl sites for hydroxylation is 1. The predicted molar refractivity (Wildman–Crippen MR) is 81.9 cm³/mol. The van der Waals surface area contributed by atoms with Gasteiger partial charge in [0, 0.05) is 11.8 Å². The van der Waals surface area contributed by atoms with Crippen molar-refractivity contribution in [3.8, 4) is 5.88 Å². The van der Waals surface area contributed by atoms with E-state index < -0.39 is 0 Å². The lowest BCUT2D eigenvalue weighted by Crippen LogP contribution is -2.14. The van der Waals surface area contributed by atoms with E-state index in [1.54, 1.807) is 7.11 Å². The molecular weight excluding hydrogens is 234 g/mol. The van der Waals surface area contributed by atoms with E-state index in [9.17, 15) is 0 Å². The first-order chi connectivity index (χ1) is 9.26. The fraction of sp³-hybridized carbons (Fsp3) is 0.706. The minimum atomic E-state index is 0.654. The summed E-state index contributed by atoms with van der Waals surface area (Å²) in [5.74, 6) is 2.43. The maximum Gasteiger partial charge on any atom is 0.216 e. The molecule has 0 unspecified atom stereocenters. The third kappa shape index (κ3) is 3.95. The van der Waals surface area contributed by atoms with Crippen molar-refractivity contribution in [3.05, 3.63) is 23.4 Å². The number of nitrogens with zero attached hydrogens (tertiary/aromatic N) is 1. The van der Waals surface area contributed by atoms with Crippen LogP contribution in [0.2, 0.25) is 0 Å². The second-order valence-corrected chi connectivity index (χ2v) is 5.18. The molecule has 0 radical (unpaired) electrons. The molecular formula is C17H29NO. The standard InChI is InChI=1S/C15H23NO.C2H6/c1-4-12-5-7-13(8-6-12)14-11(2)9-10-16-15(14)17-3;1-2/h9-10,12-13H,4-8H2,1-3H3;1-2H3. The third-order valence-corrected chi connectivity index (χ3v) is 4.20. The Morgan fingerprint density at radius 2 is 1.84 bits per heavy atom. The molecule has 1 aliphatic rings. The highest BCUT2D eigenvalue weighted by Gasteiger charge is 2.25. The van der Waals surface area contributed by atoms with Crippen molar-refractivity contribution in [3.63, 3.8) is 0 Å². The van der Waals surface area contributed by atoms with Crippen LogP contribution in [0.5, 0.6) is 5.88 Å². The Bertz CT molecular complexity index is 368. The number of ether oxygens (including phenoxy) is 1. The summed E-state index contributed by atoms with van der Waals surface area (Å²) in [6.45, 7) is 8.48. The minimum absolute atomic E-state index is 0.654. The van der Waals surface area contributed by atoms with Crippen molar-refractivity contribution in [2.45, 2.75) is 65.7 Å². The molecule has 0 aromatic carbocycles. The fourth-order valence-electron chi connectivity index (χ4n) is 3.06. The summed E-state index contributed by atoms with van der Waals surface area (Å²) in [5.41, 5.74) is 2.68. The van der Waals surface area contributed by atoms with Gasteiger partial charge in [-0.3, -0.25) is 0 Å². The summed E-state index contributed by atoms with van der Waals surface area (Å²) < 4.78 is 5.42. The summed E-state index contributed by atoms with van der Waals surface area (Å²) >= 11 is 0. The Morgan fingerprint density at radius 1 is 1.21 bits per heavy atom. The average Bonchev–Trinajstić information content (AvgIpc) is 2.49. The lowest BCUT2D eigenvalue weighted by molar-refractivity contribution is 0.308. The van der Waals surface area contributed by atoms with E-state index in [2.05, 4.69) is 24.9 Å². The van der Waals surface area contributed by atoms with Gasteiger partial charge in [0.15, 0.2) is 0 Å². The van der Waals surface area contributed by atoms with E-state index in [1.165, 1.54) is 43.2 Å². The zero-order valence-corrected chi connectivity index (χ0v) is 13.2. The normalized spacial score (nSPS) is 22.4. The molecule has 1 fully saturated rings. The van der Waals surface area contributed by atoms with E-state index >= 15 is 0 Å². The van der Waals surface area contributed by atoms with Gasteiger partial charge < -0.3 is 4.74 Å².